The summed E-state index contributed by atoms with van der Waals surface area (Å²) in [7, 11) is 0. The van der Waals surface area contributed by atoms with E-state index in [1.807, 2.05) is 30.3 Å². The van der Waals surface area contributed by atoms with Crippen molar-refractivity contribution in [1.29, 1.82) is 0 Å². The lowest BCUT2D eigenvalue weighted by atomic mass is 10.0. The molecule has 2 aliphatic rings. The molecule has 2 bridgehead atoms. The molecule has 6 nitrogen and oxygen atoms in total. The van der Waals surface area contributed by atoms with E-state index in [2.05, 4.69) is 0 Å². The number of hydrogen-bond acceptors (Lipinski definition) is 4. The Kier molecular flexibility index (Phi) is 3.19. The largest absolute Gasteiger partial charge is 0.479 e. The van der Waals surface area contributed by atoms with Gasteiger partial charge in [0.1, 0.15) is 6.10 Å². The van der Waals surface area contributed by atoms with Gasteiger partial charge in [0.05, 0.1) is 6.04 Å². The number of carbonyl (C=O) groups excluding carboxylic acids is 1. The second-order valence-electron chi connectivity index (χ2n) is 5.02. The minimum atomic E-state index is -1.10. The van der Waals surface area contributed by atoms with Crippen molar-refractivity contribution < 1.29 is 24.2 Å². The number of aliphatic carboxylic acids is 1. The molecule has 3 rings (SSSR count). The lowest BCUT2D eigenvalue weighted by Crippen LogP contribution is -2.54. The summed E-state index contributed by atoms with van der Waals surface area (Å²) < 4.78 is 10.6. The Bertz CT molecular complexity index is 532. The SMILES string of the molecule is C[C@H]1[C@@H]2O[C@H](O[C@@H]2C(=O)O)C(=O)N1Cc1ccccc1. The molecular formula is C14H15NO5. The highest BCUT2D eigenvalue weighted by molar-refractivity contribution is 5.83. The van der Waals surface area contributed by atoms with Crippen LogP contribution in [0, 0.1) is 0 Å². The maximum absolute atomic E-state index is 12.2. The molecule has 0 aromatic heterocycles. The second kappa shape index (κ2) is 4.88. The van der Waals surface area contributed by atoms with E-state index in [0.29, 0.717) is 6.54 Å². The van der Waals surface area contributed by atoms with Crippen molar-refractivity contribution in [3.63, 3.8) is 0 Å². The van der Waals surface area contributed by atoms with Crippen molar-refractivity contribution in [1.82, 2.24) is 4.90 Å². The van der Waals surface area contributed by atoms with E-state index in [9.17, 15) is 9.59 Å². The first-order chi connectivity index (χ1) is 9.58. The first kappa shape index (κ1) is 13.1. The van der Waals surface area contributed by atoms with Gasteiger partial charge in [-0.1, -0.05) is 30.3 Å². The topological polar surface area (TPSA) is 76.1 Å². The number of hydrogen-bond donors (Lipinski definition) is 1. The van der Waals surface area contributed by atoms with Crippen LogP contribution in [0.3, 0.4) is 0 Å². The summed E-state index contributed by atoms with van der Waals surface area (Å²) in [6.07, 6.45) is -2.81. The molecule has 0 spiro atoms. The molecule has 0 saturated carbocycles. The summed E-state index contributed by atoms with van der Waals surface area (Å²) in [6.45, 7) is 2.21. The Hall–Kier alpha value is -1.92. The van der Waals surface area contributed by atoms with Gasteiger partial charge in [0.15, 0.2) is 6.10 Å². The quantitative estimate of drug-likeness (QED) is 0.876. The van der Waals surface area contributed by atoms with Crippen LogP contribution in [0.25, 0.3) is 0 Å². The summed E-state index contributed by atoms with van der Waals surface area (Å²) in [4.78, 5) is 25.0. The molecule has 2 heterocycles. The minimum absolute atomic E-state index is 0.318. The van der Waals surface area contributed by atoms with Gasteiger partial charge in [-0.25, -0.2) is 4.79 Å². The van der Waals surface area contributed by atoms with Gasteiger partial charge in [0, 0.05) is 6.54 Å². The third kappa shape index (κ3) is 2.07. The smallest absolute Gasteiger partial charge is 0.335 e. The van der Waals surface area contributed by atoms with Gasteiger partial charge in [0.25, 0.3) is 5.91 Å². The highest BCUT2D eigenvalue weighted by Crippen LogP contribution is 2.32. The van der Waals surface area contributed by atoms with Gasteiger partial charge < -0.3 is 19.5 Å². The summed E-state index contributed by atoms with van der Waals surface area (Å²) >= 11 is 0. The van der Waals surface area contributed by atoms with Gasteiger partial charge in [-0.15, -0.1) is 0 Å². The summed E-state index contributed by atoms with van der Waals surface area (Å²) in [6, 6.07) is 9.20. The van der Waals surface area contributed by atoms with E-state index in [-0.39, 0.29) is 11.9 Å². The molecule has 2 fully saturated rings. The molecule has 106 valence electrons. The van der Waals surface area contributed by atoms with E-state index in [0.717, 1.165) is 5.56 Å². The third-order valence-electron chi connectivity index (χ3n) is 3.74. The molecule has 6 heteroatoms. The summed E-state index contributed by atoms with van der Waals surface area (Å²) in [5, 5.41) is 9.11. The monoisotopic (exact) mass is 277 g/mol. The predicted octanol–water partition coefficient (Wildman–Crippen LogP) is 0.612. The number of carboxylic acid groups (broad SMARTS) is 1. The number of carboxylic acids is 1. The van der Waals surface area contributed by atoms with E-state index >= 15 is 0 Å². The zero-order valence-electron chi connectivity index (χ0n) is 10.9. The van der Waals surface area contributed by atoms with Crippen LogP contribution in [0.4, 0.5) is 0 Å². The van der Waals surface area contributed by atoms with Crippen molar-refractivity contribution >= 4 is 11.9 Å². The van der Waals surface area contributed by atoms with Gasteiger partial charge in [0.2, 0.25) is 6.29 Å². The Morgan fingerprint density at radius 3 is 2.65 bits per heavy atom. The number of morpholine rings is 1. The van der Waals surface area contributed by atoms with Gasteiger partial charge in [-0.2, -0.15) is 0 Å². The predicted molar refractivity (Wildman–Crippen MR) is 67.6 cm³/mol. The van der Waals surface area contributed by atoms with Crippen molar-refractivity contribution in [2.24, 2.45) is 0 Å². The molecule has 20 heavy (non-hydrogen) atoms. The van der Waals surface area contributed by atoms with Crippen molar-refractivity contribution in [2.75, 3.05) is 0 Å². The fraction of sp³-hybridized carbons (Fsp3) is 0.429. The van der Waals surface area contributed by atoms with Crippen molar-refractivity contribution in [3.8, 4) is 0 Å². The fourth-order valence-corrected chi connectivity index (χ4v) is 2.65. The third-order valence-corrected chi connectivity index (χ3v) is 3.74. The van der Waals surface area contributed by atoms with Crippen LogP contribution in [-0.2, 0) is 25.6 Å². The van der Waals surface area contributed by atoms with Gasteiger partial charge in [-0.05, 0) is 12.5 Å². The molecule has 4 atom stereocenters. The minimum Gasteiger partial charge on any atom is -0.479 e. The zero-order chi connectivity index (χ0) is 14.3. The van der Waals surface area contributed by atoms with Crippen molar-refractivity contribution in [3.05, 3.63) is 35.9 Å². The Labute approximate surface area is 115 Å². The maximum atomic E-state index is 12.2. The highest BCUT2D eigenvalue weighted by atomic mass is 16.7. The van der Waals surface area contributed by atoms with Crippen LogP contribution >= 0.6 is 0 Å². The number of fused-ring (bicyclic) bond motifs is 2. The Morgan fingerprint density at radius 2 is 2.00 bits per heavy atom. The molecule has 1 aromatic carbocycles. The first-order valence-corrected chi connectivity index (χ1v) is 6.46. The molecule has 1 aromatic rings. The molecule has 2 aliphatic heterocycles. The summed E-state index contributed by atoms with van der Waals surface area (Å²) in [5.74, 6) is -1.42. The molecule has 2 saturated heterocycles. The van der Waals surface area contributed by atoms with E-state index in [1.54, 1.807) is 11.8 Å². The van der Waals surface area contributed by atoms with Crippen LogP contribution in [0.1, 0.15) is 12.5 Å². The Balaban J connectivity index is 1.83. The lowest BCUT2D eigenvalue weighted by molar-refractivity contribution is -0.178. The highest BCUT2D eigenvalue weighted by Gasteiger charge is 2.54. The molecule has 0 aliphatic carbocycles. The summed E-state index contributed by atoms with van der Waals surface area (Å²) in [5.41, 5.74) is 0.987. The number of nitrogens with zero attached hydrogens (tertiary/aromatic N) is 1. The van der Waals surface area contributed by atoms with Crippen LogP contribution in [0.5, 0.6) is 0 Å². The number of carbonyl (C=O) groups is 2. The molecule has 0 radical (unpaired) electrons. The number of benzene rings is 1. The van der Waals surface area contributed by atoms with Crippen LogP contribution in [-0.4, -0.2) is 46.4 Å². The standard InChI is InChI=1S/C14H15NO5/c1-8-10-11(13(17)18)20-14(19-10)12(16)15(8)7-9-5-3-2-4-6-9/h2-6,8,10-11,14H,7H2,1H3,(H,17,18)/t8-,10-,11-,14+/m0/s1. The Morgan fingerprint density at radius 1 is 1.30 bits per heavy atom. The molecule has 0 unspecified atom stereocenters. The van der Waals surface area contributed by atoms with Crippen LogP contribution in [0.2, 0.25) is 0 Å². The fourth-order valence-electron chi connectivity index (χ4n) is 2.65. The maximum Gasteiger partial charge on any atom is 0.335 e. The second-order valence-corrected chi connectivity index (χ2v) is 5.02. The number of amides is 1. The van der Waals surface area contributed by atoms with Crippen LogP contribution < -0.4 is 0 Å². The zero-order valence-corrected chi connectivity index (χ0v) is 10.9. The average Bonchev–Trinajstić information content (AvgIpc) is 2.85. The van der Waals surface area contributed by atoms with E-state index < -0.39 is 24.5 Å². The average molecular weight is 277 g/mol. The van der Waals surface area contributed by atoms with Gasteiger partial charge >= 0.3 is 5.97 Å². The van der Waals surface area contributed by atoms with E-state index in [4.69, 9.17) is 14.6 Å². The normalized spacial score (nSPS) is 32.5. The van der Waals surface area contributed by atoms with Crippen LogP contribution in [0.15, 0.2) is 30.3 Å². The molecular weight excluding hydrogens is 262 g/mol. The lowest BCUT2D eigenvalue weighted by Gasteiger charge is -2.36. The number of ether oxygens (including phenoxy) is 2. The molecule has 1 N–H and O–H groups in total. The first-order valence-electron chi connectivity index (χ1n) is 6.46. The number of rotatable bonds is 3. The molecule has 1 amide bonds. The van der Waals surface area contributed by atoms with Crippen molar-refractivity contribution in [2.45, 2.75) is 38.0 Å². The van der Waals surface area contributed by atoms with E-state index in [1.165, 1.54) is 0 Å². The van der Waals surface area contributed by atoms with Gasteiger partial charge in [-0.3, -0.25) is 4.79 Å².